The lowest BCUT2D eigenvalue weighted by Crippen LogP contribution is -2.45. The Hall–Kier alpha value is -1.44. The van der Waals surface area contributed by atoms with E-state index in [4.69, 9.17) is 5.73 Å². The number of nitrogens with one attached hydrogen (secondary N) is 2. The topological polar surface area (TPSA) is 101 Å². The van der Waals surface area contributed by atoms with Crippen LogP contribution in [0.1, 0.15) is 20.8 Å². The maximum absolute atomic E-state index is 11.7. The lowest BCUT2D eigenvalue weighted by atomic mass is 10.1. The zero-order chi connectivity index (χ0) is 14.7. The highest BCUT2D eigenvalue weighted by Gasteiger charge is 2.22. The second-order valence-corrected chi connectivity index (χ2v) is 6.47. The van der Waals surface area contributed by atoms with Crippen molar-refractivity contribution in [1.29, 1.82) is 0 Å². The maximum atomic E-state index is 11.7. The molecule has 1 amide bonds. The number of anilines is 1. The van der Waals surface area contributed by atoms with Crippen molar-refractivity contribution in [2.75, 3.05) is 11.9 Å². The summed E-state index contributed by atoms with van der Waals surface area (Å²) in [7, 11) is -3.47. The molecule has 0 aromatic heterocycles. The van der Waals surface area contributed by atoms with E-state index in [-0.39, 0.29) is 10.8 Å². The molecule has 0 aliphatic carbocycles. The summed E-state index contributed by atoms with van der Waals surface area (Å²) in [6.45, 7) is 5.20. The van der Waals surface area contributed by atoms with E-state index in [2.05, 4.69) is 10.0 Å². The van der Waals surface area contributed by atoms with E-state index < -0.39 is 15.6 Å². The summed E-state index contributed by atoms with van der Waals surface area (Å²) in [5.41, 5.74) is 5.16. The van der Waals surface area contributed by atoms with Crippen LogP contribution in [0.2, 0.25) is 0 Å². The van der Waals surface area contributed by atoms with E-state index in [9.17, 15) is 13.2 Å². The Morgan fingerprint density at radius 3 is 2.21 bits per heavy atom. The van der Waals surface area contributed by atoms with Crippen LogP contribution in [0, 0.1) is 0 Å². The summed E-state index contributed by atoms with van der Waals surface area (Å²) in [6, 6.07) is 5.90. The third-order valence-electron chi connectivity index (χ3n) is 2.34. The number of rotatable bonds is 5. The quantitative estimate of drug-likeness (QED) is 0.739. The molecule has 1 aromatic rings. The van der Waals surface area contributed by atoms with Crippen molar-refractivity contribution in [2.24, 2.45) is 5.73 Å². The van der Waals surface area contributed by atoms with Crippen molar-refractivity contribution in [1.82, 2.24) is 4.72 Å². The van der Waals surface area contributed by atoms with Crippen LogP contribution >= 0.6 is 0 Å². The Labute approximate surface area is 113 Å². The van der Waals surface area contributed by atoms with Gasteiger partial charge in [-0.25, -0.2) is 13.1 Å². The lowest BCUT2D eigenvalue weighted by molar-refractivity contribution is -0.120. The second-order valence-electron chi connectivity index (χ2n) is 4.70. The van der Waals surface area contributed by atoms with Gasteiger partial charge < -0.3 is 11.1 Å². The molecule has 0 radical (unpaired) electrons. The molecular formula is C12H19N3O3S. The van der Waals surface area contributed by atoms with E-state index >= 15 is 0 Å². The minimum atomic E-state index is -3.47. The maximum Gasteiger partial charge on any atom is 0.243 e. The first-order chi connectivity index (χ1) is 8.66. The molecule has 1 rings (SSSR count). The smallest absolute Gasteiger partial charge is 0.243 e. The summed E-state index contributed by atoms with van der Waals surface area (Å²) in [5, 5.41) is 2.61. The first-order valence-electron chi connectivity index (χ1n) is 5.87. The number of benzene rings is 1. The Kier molecular flexibility index (Phi) is 4.67. The van der Waals surface area contributed by atoms with Gasteiger partial charge in [-0.15, -0.1) is 0 Å². The Morgan fingerprint density at radius 2 is 1.79 bits per heavy atom. The second kappa shape index (κ2) is 5.68. The standard InChI is InChI=1S/C12H19N3O3S/c1-4-14-19(17,18)10-7-5-9(6-8-10)15-11(16)12(2,3)13/h5-8,14H,4,13H2,1-3H3,(H,15,16). The number of hydrogen-bond acceptors (Lipinski definition) is 4. The fourth-order valence-corrected chi connectivity index (χ4v) is 2.32. The van der Waals surface area contributed by atoms with Crippen LogP contribution in [-0.2, 0) is 14.8 Å². The number of nitrogens with two attached hydrogens (primary N) is 1. The normalized spacial score (nSPS) is 12.2. The van der Waals surface area contributed by atoms with Gasteiger partial charge in [0.25, 0.3) is 0 Å². The van der Waals surface area contributed by atoms with Gasteiger partial charge in [-0.2, -0.15) is 0 Å². The molecule has 0 fully saturated rings. The van der Waals surface area contributed by atoms with E-state index in [1.54, 1.807) is 20.8 Å². The lowest BCUT2D eigenvalue weighted by Gasteiger charge is -2.17. The van der Waals surface area contributed by atoms with Crippen molar-refractivity contribution < 1.29 is 13.2 Å². The SMILES string of the molecule is CCNS(=O)(=O)c1ccc(NC(=O)C(C)(C)N)cc1. The zero-order valence-corrected chi connectivity index (χ0v) is 12.0. The van der Waals surface area contributed by atoms with Crippen LogP contribution in [-0.4, -0.2) is 26.4 Å². The van der Waals surface area contributed by atoms with E-state index in [0.717, 1.165) is 0 Å². The van der Waals surface area contributed by atoms with Gasteiger partial charge >= 0.3 is 0 Å². The Morgan fingerprint density at radius 1 is 1.26 bits per heavy atom. The minimum absolute atomic E-state index is 0.152. The molecule has 7 heteroatoms. The molecule has 0 saturated carbocycles. The van der Waals surface area contributed by atoms with Crippen LogP contribution < -0.4 is 15.8 Å². The summed E-state index contributed by atoms with van der Waals surface area (Å²) < 4.78 is 25.8. The molecule has 4 N–H and O–H groups in total. The average Bonchev–Trinajstić information content (AvgIpc) is 2.28. The van der Waals surface area contributed by atoms with Gasteiger partial charge in [-0.05, 0) is 38.1 Å². The summed E-state index contributed by atoms with van der Waals surface area (Å²) in [6.07, 6.45) is 0. The summed E-state index contributed by atoms with van der Waals surface area (Å²) >= 11 is 0. The predicted octanol–water partition coefficient (Wildman–Crippen LogP) is 0.661. The number of hydrogen-bond donors (Lipinski definition) is 3. The first-order valence-corrected chi connectivity index (χ1v) is 7.35. The first kappa shape index (κ1) is 15.6. The molecule has 19 heavy (non-hydrogen) atoms. The van der Waals surface area contributed by atoms with Crippen LogP contribution in [0.5, 0.6) is 0 Å². The molecule has 6 nitrogen and oxygen atoms in total. The highest BCUT2D eigenvalue weighted by atomic mass is 32.2. The number of carbonyl (C=O) groups excluding carboxylic acids is 1. The molecule has 0 aliphatic rings. The van der Waals surface area contributed by atoms with Crippen molar-refractivity contribution in [3.63, 3.8) is 0 Å². The largest absolute Gasteiger partial charge is 0.325 e. The van der Waals surface area contributed by atoms with Gasteiger partial charge in [0.2, 0.25) is 15.9 Å². The highest BCUT2D eigenvalue weighted by molar-refractivity contribution is 7.89. The molecular weight excluding hydrogens is 266 g/mol. The zero-order valence-electron chi connectivity index (χ0n) is 11.2. The van der Waals surface area contributed by atoms with Gasteiger partial charge in [0.05, 0.1) is 10.4 Å². The van der Waals surface area contributed by atoms with E-state index in [1.807, 2.05) is 0 Å². The van der Waals surface area contributed by atoms with Crippen molar-refractivity contribution >= 4 is 21.6 Å². The van der Waals surface area contributed by atoms with Gasteiger partial charge in [0.15, 0.2) is 0 Å². The average molecular weight is 285 g/mol. The van der Waals surface area contributed by atoms with Gasteiger partial charge in [-0.3, -0.25) is 4.79 Å². The molecule has 0 atom stereocenters. The number of carbonyl (C=O) groups is 1. The summed E-state index contributed by atoms with van der Waals surface area (Å²) in [4.78, 5) is 11.8. The Balaban J connectivity index is 2.86. The summed E-state index contributed by atoms with van der Waals surface area (Å²) in [5.74, 6) is -0.338. The fourth-order valence-electron chi connectivity index (χ4n) is 1.28. The molecule has 1 aromatic carbocycles. The monoisotopic (exact) mass is 285 g/mol. The van der Waals surface area contributed by atoms with Gasteiger partial charge in [0.1, 0.15) is 0 Å². The molecule has 0 bridgehead atoms. The fraction of sp³-hybridized carbons (Fsp3) is 0.417. The van der Waals surface area contributed by atoms with Crippen LogP contribution in [0.15, 0.2) is 29.2 Å². The van der Waals surface area contributed by atoms with Crippen molar-refractivity contribution in [3.05, 3.63) is 24.3 Å². The van der Waals surface area contributed by atoms with Gasteiger partial charge in [-0.1, -0.05) is 6.92 Å². The van der Waals surface area contributed by atoms with Crippen LogP contribution in [0.4, 0.5) is 5.69 Å². The molecule has 106 valence electrons. The Bertz CT molecular complexity index is 545. The molecule has 0 aliphatic heterocycles. The van der Waals surface area contributed by atoms with Gasteiger partial charge in [0, 0.05) is 12.2 Å². The third-order valence-corrected chi connectivity index (χ3v) is 3.90. The highest BCUT2D eigenvalue weighted by Crippen LogP contribution is 2.15. The number of amides is 1. The minimum Gasteiger partial charge on any atom is -0.325 e. The molecule has 0 spiro atoms. The van der Waals surface area contributed by atoms with E-state index in [1.165, 1.54) is 24.3 Å². The molecule has 0 heterocycles. The third kappa shape index (κ3) is 4.30. The predicted molar refractivity (Wildman–Crippen MR) is 74.2 cm³/mol. The van der Waals surface area contributed by atoms with Crippen LogP contribution in [0.25, 0.3) is 0 Å². The van der Waals surface area contributed by atoms with Crippen molar-refractivity contribution in [2.45, 2.75) is 31.2 Å². The molecule has 0 saturated heterocycles. The molecule has 0 unspecified atom stereocenters. The van der Waals surface area contributed by atoms with E-state index in [0.29, 0.717) is 12.2 Å². The van der Waals surface area contributed by atoms with Crippen LogP contribution in [0.3, 0.4) is 0 Å². The van der Waals surface area contributed by atoms with Crippen molar-refractivity contribution in [3.8, 4) is 0 Å². The number of sulfonamides is 1.